The van der Waals surface area contributed by atoms with Crippen LogP contribution in [0.2, 0.25) is 0 Å². The van der Waals surface area contributed by atoms with Crippen LogP contribution in [0.1, 0.15) is 16.1 Å². The molecule has 1 heterocycles. The number of hydrogen-bond donors (Lipinski definition) is 1. The Kier molecular flexibility index (Phi) is 3.15. The quantitative estimate of drug-likeness (QED) is 0.783. The van der Waals surface area contributed by atoms with Crippen molar-refractivity contribution in [3.8, 4) is 5.69 Å². The Morgan fingerprint density at radius 1 is 1.53 bits per heavy atom. The van der Waals surface area contributed by atoms with Crippen LogP contribution in [0.15, 0.2) is 30.5 Å². The molecule has 2 aromatic rings. The number of hydrogen-bond acceptors (Lipinski definition) is 5. The van der Waals surface area contributed by atoms with E-state index in [1.165, 1.54) is 18.0 Å². The zero-order chi connectivity index (χ0) is 12.3. The lowest BCUT2D eigenvalue weighted by atomic mass is 10.2. The van der Waals surface area contributed by atoms with Gasteiger partial charge in [-0.05, 0) is 18.2 Å². The number of aromatic nitrogens is 3. The number of methoxy groups -OCH3 is 1. The number of aliphatic hydroxyl groups is 1. The molecular formula is C11H11N3O3. The van der Waals surface area contributed by atoms with Gasteiger partial charge in [-0.15, -0.1) is 5.10 Å². The van der Waals surface area contributed by atoms with Gasteiger partial charge in [-0.25, -0.2) is 9.48 Å². The smallest absolute Gasteiger partial charge is 0.337 e. The Morgan fingerprint density at radius 2 is 2.35 bits per heavy atom. The highest BCUT2D eigenvalue weighted by molar-refractivity contribution is 5.89. The number of ether oxygens (including phenoxy) is 1. The summed E-state index contributed by atoms with van der Waals surface area (Å²) in [6.07, 6.45) is 1.46. The molecule has 88 valence electrons. The van der Waals surface area contributed by atoms with Gasteiger partial charge in [0.2, 0.25) is 0 Å². The van der Waals surface area contributed by atoms with Crippen molar-refractivity contribution in [1.82, 2.24) is 15.0 Å². The first-order valence-electron chi connectivity index (χ1n) is 4.95. The van der Waals surface area contributed by atoms with E-state index in [2.05, 4.69) is 15.0 Å². The third-order valence-electron chi connectivity index (χ3n) is 2.29. The standard InChI is InChI=1S/C11H11N3O3/c1-17-11(16)8-3-2-4-9(5-8)14-10(7-15)6-12-13-14/h2-6,15H,7H2,1H3. The highest BCUT2D eigenvalue weighted by Gasteiger charge is 2.09. The number of nitrogens with zero attached hydrogens (tertiary/aromatic N) is 3. The monoisotopic (exact) mass is 233 g/mol. The molecule has 0 aliphatic carbocycles. The summed E-state index contributed by atoms with van der Waals surface area (Å²) < 4.78 is 6.10. The molecule has 0 bridgehead atoms. The molecule has 6 nitrogen and oxygen atoms in total. The van der Waals surface area contributed by atoms with Gasteiger partial charge in [-0.1, -0.05) is 11.3 Å². The lowest BCUT2D eigenvalue weighted by Crippen LogP contribution is -2.05. The first-order valence-corrected chi connectivity index (χ1v) is 4.95. The fourth-order valence-corrected chi connectivity index (χ4v) is 1.46. The summed E-state index contributed by atoms with van der Waals surface area (Å²) in [6.45, 7) is -0.171. The van der Waals surface area contributed by atoms with Crippen LogP contribution in [0.5, 0.6) is 0 Å². The van der Waals surface area contributed by atoms with Gasteiger partial charge in [0.25, 0.3) is 0 Å². The second kappa shape index (κ2) is 4.75. The predicted octanol–water partition coefficient (Wildman–Crippen LogP) is 0.546. The Bertz CT molecular complexity index is 536. The van der Waals surface area contributed by atoms with Crippen molar-refractivity contribution >= 4 is 5.97 Å². The number of benzene rings is 1. The van der Waals surface area contributed by atoms with E-state index in [1.807, 2.05) is 0 Å². The fourth-order valence-electron chi connectivity index (χ4n) is 1.46. The van der Waals surface area contributed by atoms with Crippen molar-refractivity contribution in [3.05, 3.63) is 41.7 Å². The van der Waals surface area contributed by atoms with Crippen molar-refractivity contribution < 1.29 is 14.6 Å². The number of carbonyl (C=O) groups excluding carboxylic acids is 1. The van der Waals surface area contributed by atoms with Gasteiger partial charge in [0.05, 0.1) is 36.9 Å². The van der Waals surface area contributed by atoms with Crippen LogP contribution in [0.25, 0.3) is 5.69 Å². The van der Waals surface area contributed by atoms with Crippen molar-refractivity contribution in [1.29, 1.82) is 0 Å². The molecule has 0 atom stereocenters. The molecule has 0 fully saturated rings. The molecule has 0 saturated carbocycles. The molecule has 1 N–H and O–H groups in total. The first kappa shape index (κ1) is 11.3. The van der Waals surface area contributed by atoms with Crippen LogP contribution >= 0.6 is 0 Å². The van der Waals surface area contributed by atoms with Crippen LogP contribution in [-0.2, 0) is 11.3 Å². The van der Waals surface area contributed by atoms with Gasteiger partial charge in [0, 0.05) is 0 Å². The largest absolute Gasteiger partial charge is 0.465 e. The van der Waals surface area contributed by atoms with Crippen LogP contribution in [-0.4, -0.2) is 33.2 Å². The molecule has 0 spiro atoms. The van der Waals surface area contributed by atoms with Gasteiger partial charge in [-0.2, -0.15) is 0 Å². The third kappa shape index (κ3) is 2.16. The molecule has 0 radical (unpaired) electrons. The summed E-state index contributed by atoms with van der Waals surface area (Å²) >= 11 is 0. The van der Waals surface area contributed by atoms with E-state index < -0.39 is 5.97 Å². The maximum Gasteiger partial charge on any atom is 0.337 e. The minimum Gasteiger partial charge on any atom is -0.465 e. The highest BCUT2D eigenvalue weighted by Crippen LogP contribution is 2.12. The van der Waals surface area contributed by atoms with Crippen LogP contribution in [0, 0.1) is 0 Å². The van der Waals surface area contributed by atoms with Crippen LogP contribution in [0.3, 0.4) is 0 Å². The van der Waals surface area contributed by atoms with E-state index >= 15 is 0 Å². The van der Waals surface area contributed by atoms with E-state index in [4.69, 9.17) is 5.11 Å². The van der Waals surface area contributed by atoms with E-state index in [0.717, 1.165) is 0 Å². The summed E-state index contributed by atoms with van der Waals surface area (Å²) in [5.41, 5.74) is 1.62. The minimum absolute atomic E-state index is 0.171. The lowest BCUT2D eigenvalue weighted by molar-refractivity contribution is 0.0600. The van der Waals surface area contributed by atoms with Gasteiger partial charge >= 0.3 is 5.97 Å². The van der Waals surface area contributed by atoms with Crippen LogP contribution < -0.4 is 0 Å². The Hall–Kier alpha value is -2.21. The minimum atomic E-state index is -0.419. The summed E-state index contributed by atoms with van der Waals surface area (Å²) in [5.74, 6) is -0.419. The normalized spacial score (nSPS) is 10.2. The number of aliphatic hydroxyl groups excluding tert-OH is 1. The van der Waals surface area contributed by atoms with E-state index in [1.54, 1.807) is 24.3 Å². The molecular weight excluding hydrogens is 222 g/mol. The molecule has 0 saturated heterocycles. The van der Waals surface area contributed by atoms with Crippen molar-refractivity contribution in [2.75, 3.05) is 7.11 Å². The fraction of sp³-hybridized carbons (Fsp3) is 0.182. The molecule has 0 aliphatic rings. The molecule has 1 aromatic heterocycles. The molecule has 6 heteroatoms. The highest BCUT2D eigenvalue weighted by atomic mass is 16.5. The number of carbonyl (C=O) groups is 1. The van der Waals surface area contributed by atoms with Gasteiger partial charge < -0.3 is 9.84 Å². The molecule has 2 rings (SSSR count). The van der Waals surface area contributed by atoms with Gasteiger partial charge in [0.1, 0.15) is 0 Å². The summed E-state index contributed by atoms with van der Waals surface area (Å²) in [6, 6.07) is 6.75. The zero-order valence-corrected chi connectivity index (χ0v) is 9.20. The Balaban J connectivity index is 2.43. The molecule has 0 unspecified atom stereocenters. The van der Waals surface area contributed by atoms with Gasteiger partial charge in [-0.3, -0.25) is 0 Å². The summed E-state index contributed by atoms with van der Waals surface area (Å²) in [4.78, 5) is 11.4. The maximum absolute atomic E-state index is 11.4. The van der Waals surface area contributed by atoms with Crippen LogP contribution in [0.4, 0.5) is 0 Å². The molecule has 17 heavy (non-hydrogen) atoms. The first-order chi connectivity index (χ1) is 8.26. The van der Waals surface area contributed by atoms with Crippen molar-refractivity contribution in [2.45, 2.75) is 6.61 Å². The second-order valence-electron chi connectivity index (χ2n) is 3.34. The topological polar surface area (TPSA) is 77.2 Å². The van der Waals surface area contributed by atoms with Gasteiger partial charge in [0.15, 0.2) is 0 Å². The molecule has 0 amide bonds. The summed E-state index contributed by atoms with van der Waals surface area (Å²) in [5, 5.41) is 16.6. The third-order valence-corrected chi connectivity index (χ3v) is 2.29. The average molecular weight is 233 g/mol. The number of esters is 1. The Morgan fingerprint density at radius 3 is 3.06 bits per heavy atom. The van der Waals surface area contributed by atoms with E-state index in [0.29, 0.717) is 16.9 Å². The zero-order valence-electron chi connectivity index (χ0n) is 9.20. The van der Waals surface area contributed by atoms with E-state index in [-0.39, 0.29) is 6.61 Å². The van der Waals surface area contributed by atoms with Crippen molar-refractivity contribution in [2.24, 2.45) is 0 Å². The second-order valence-corrected chi connectivity index (χ2v) is 3.34. The van der Waals surface area contributed by atoms with Crippen molar-refractivity contribution in [3.63, 3.8) is 0 Å². The van der Waals surface area contributed by atoms with E-state index in [9.17, 15) is 4.79 Å². The average Bonchev–Trinajstić information content (AvgIpc) is 2.86. The lowest BCUT2D eigenvalue weighted by Gasteiger charge is -2.05. The Labute approximate surface area is 97.4 Å². The maximum atomic E-state index is 11.4. The SMILES string of the molecule is COC(=O)c1cccc(-n2nncc2CO)c1. The summed E-state index contributed by atoms with van der Waals surface area (Å²) in [7, 11) is 1.32. The predicted molar refractivity (Wildman–Crippen MR) is 58.6 cm³/mol. The molecule has 1 aromatic carbocycles. The number of rotatable bonds is 3. The molecule has 0 aliphatic heterocycles.